The first kappa shape index (κ1) is 18.0. The van der Waals surface area contributed by atoms with Crippen molar-refractivity contribution in [3.63, 3.8) is 0 Å². The zero-order valence-electron chi connectivity index (χ0n) is 13.1. The van der Waals surface area contributed by atoms with Crippen molar-refractivity contribution in [2.24, 2.45) is 5.10 Å². The SMILES string of the molecule is C/C(=N/NC(=O)[C@H](C)SCc1ccccc1)c1ccc(I)cc1. The molecule has 0 aromatic heterocycles. The molecule has 1 amide bonds. The second-order valence-electron chi connectivity index (χ2n) is 5.12. The van der Waals surface area contributed by atoms with Crippen molar-refractivity contribution in [3.8, 4) is 0 Å². The van der Waals surface area contributed by atoms with E-state index in [0.29, 0.717) is 0 Å². The van der Waals surface area contributed by atoms with E-state index >= 15 is 0 Å². The van der Waals surface area contributed by atoms with Crippen LogP contribution in [0.3, 0.4) is 0 Å². The van der Waals surface area contributed by atoms with E-state index in [2.05, 4.69) is 45.3 Å². The van der Waals surface area contributed by atoms with E-state index < -0.39 is 0 Å². The standard InChI is InChI=1S/C18H19IN2OS/c1-13(16-8-10-17(19)11-9-16)20-21-18(22)14(2)23-12-15-6-4-3-5-7-15/h3-11,14H,12H2,1-2H3,(H,21,22)/b20-13-/t14-/m0/s1. The van der Waals surface area contributed by atoms with Crippen LogP contribution in [0.15, 0.2) is 59.7 Å². The Bertz CT molecular complexity index is 671. The number of halogens is 1. The quantitative estimate of drug-likeness (QED) is 0.411. The summed E-state index contributed by atoms with van der Waals surface area (Å²) in [6.45, 7) is 3.79. The number of hydrogen-bond acceptors (Lipinski definition) is 3. The summed E-state index contributed by atoms with van der Waals surface area (Å²) < 4.78 is 1.18. The highest BCUT2D eigenvalue weighted by Crippen LogP contribution is 2.17. The molecular formula is C18H19IN2OS. The van der Waals surface area contributed by atoms with Gasteiger partial charge in [-0.25, -0.2) is 5.43 Å². The van der Waals surface area contributed by atoms with E-state index in [0.717, 1.165) is 17.0 Å². The fraction of sp³-hybridized carbons (Fsp3) is 0.222. The number of rotatable bonds is 6. The number of nitrogens with one attached hydrogen (secondary N) is 1. The van der Waals surface area contributed by atoms with Crippen LogP contribution in [0.25, 0.3) is 0 Å². The summed E-state index contributed by atoms with van der Waals surface area (Å²) in [5.41, 5.74) is 5.69. The molecule has 0 aliphatic heterocycles. The number of benzene rings is 2. The zero-order valence-corrected chi connectivity index (χ0v) is 16.1. The summed E-state index contributed by atoms with van der Waals surface area (Å²) in [5.74, 6) is 0.741. The van der Waals surface area contributed by atoms with Gasteiger partial charge in [0.15, 0.2) is 0 Å². The van der Waals surface area contributed by atoms with E-state index in [1.54, 1.807) is 11.8 Å². The lowest BCUT2D eigenvalue weighted by atomic mass is 10.1. The first-order chi connectivity index (χ1) is 11.1. The molecule has 0 unspecified atom stereocenters. The van der Waals surface area contributed by atoms with Crippen molar-refractivity contribution in [2.45, 2.75) is 24.9 Å². The number of amides is 1. The highest BCUT2D eigenvalue weighted by Gasteiger charge is 2.13. The molecular weight excluding hydrogens is 419 g/mol. The van der Waals surface area contributed by atoms with Gasteiger partial charge in [0.2, 0.25) is 0 Å². The first-order valence-electron chi connectivity index (χ1n) is 7.32. The lowest BCUT2D eigenvalue weighted by Crippen LogP contribution is -2.27. The Labute approximate surface area is 155 Å². The molecule has 5 heteroatoms. The Kier molecular flexibility index (Phi) is 7.11. The lowest BCUT2D eigenvalue weighted by molar-refractivity contribution is -0.120. The normalized spacial score (nSPS) is 12.7. The Balaban J connectivity index is 1.85. The van der Waals surface area contributed by atoms with Gasteiger partial charge < -0.3 is 0 Å². The average molecular weight is 438 g/mol. The van der Waals surface area contributed by atoms with Crippen LogP contribution in [-0.2, 0) is 10.5 Å². The van der Waals surface area contributed by atoms with Gasteiger partial charge in [-0.3, -0.25) is 4.79 Å². The first-order valence-corrected chi connectivity index (χ1v) is 9.44. The summed E-state index contributed by atoms with van der Waals surface area (Å²) in [7, 11) is 0. The molecule has 0 spiro atoms. The minimum Gasteiger partial charge on any atom is -0.272 e. The van der Waals surface area contributed by atoms with Gasteiger partial charge in [-0.2, -0.15) is 5.10 Å². The van der Waals surface area contributed by atoms with Gasteiger partial charge in [-0.1, -0.05) is 42.5 Å². The zero-order chi connectivity index (χ0) is 16.7. The predicted octanol–water partition coefficient (Wildman–Crippen LogP) is 4.45. The van der Waals surface area contributed by atoms with Gasteiger partial charge in [-0.15, -0.1) is 11.8 Å². The molecule has 120 valence electrons. The number of hydrazone groups is 1. The van der Waals surface area contributed by atoms with Crippen LogP contribution in [-0.4, -0.2) is 16.9 Å². The van der Waals surface area contributed by atoms with Gasteiger partial charge in [-0.05, 0) is 59.7 Å². The third-order valence-electron chi connectivity index (χ3n) is 3.31. The van der Waals surface area contributed by atoms with E-state index in [4.69, 9.17) is 0 Å². The van der Waals surface area contributed by atoms with Crippen LogP contribution in [0.5, 0.6) is 0 Å². The Hall–Kier alpha value is -1.34. The van der Waals surface area contributed by atoms with Crippen molar-refractivity contribution in [1.29, 1.82) is 0 Å². The van der Waals surface area contributed by atoms with Gasteiger partial charge >= 0.3 is 0 Å². The maximum atomic E-state index is 12.1. The molecule has 0 aliphatic carbocycles. The maximum absolute atomic E-state index is 12.1. The van der Waals surface area contributed by atoms with E-state index in [1.165, 1.54) is 9.13 Å². The fourth-order valence-corrected chi connectivity index (χ4v) is 3.06. The Morgan fingerprint density at radius 1 is 1.17 bits per heavy atom. The molecule has 23 heavy (non-hydrogen) atoms. The van der Waals surface area contributed by atoms with E-state index in [1.807, 2.05) is 56.3 Å². The number of hydrogen-bond donors (Lipinski definition) is 1. The molecule has 1 atom stereocenters. The molecule has 2 aromatic rings. The van der Waals surface area contributed by atoms with Gasteiger partial charge in [0.05, 0.1) is 11.0 Å². The molecule has 0 bridgehead atoms. The summed E-state index contributed by atoms with van der Waals surface area (Å²) in [5, 5.41) is 4.05. The highest BCUT2D eigenvalue weighted by molar-refractivity contribution is 14.1. The van der Waals surface area contributed by atoms with Crippen LogP contribution in [0.2, 0.25) is 0 Å². The van der Waals surface area contributed by atoms with Crippen molar-refractivity contribution >= 4 is 46.0 Å². The second kappa shape index (κ2) is 9.08. The molecule has 2 rings (SSSR count). The Morgan fingerprint density at radius 3 is 2.48 bits per heavy atom. The molecule has 2 aromatic carbocycles. The van der Waals surface area contributed by atoms with Crippen LogP contribution in [0.1, 0.15) is 25.0 Å². The molecule has 0 fully saturated rings. The van der Waals surface area contributed by atoms with Gasteiger partial charge in [0.1, 0.15) is 0 Å². The second-order valence-corrected chi connectivity index (χ2v) is 7.69. The van der Waals surface area contributed by atoms with E-state index in [-0.39, 0.29) is 11.2 Å². The Morgan fingerprint density at radius 2 is 1.83 bits per heavy atom. The minimum absolute atomic E-state index is 0.0733. The van der Waals surface area contributed by atoms with E-state index in [9.17, 15) is 4.79 Å². The third-order valence-corrected chi connectivity index (χ3v) is 5.24. The van der Waals surface area contributed by atoms with Crippen molar-refractivity contribution in [3.05, 3.63) is 69.3 Å². The third kappa shape index (κ3) is 5.99. The molecule has 0 radical (unpaired) electrons. The van der Waals surface area contributed by atoms with Gasteiger partial charge in [0, 0.05) is 9.32 Å². The average Bonchev–Trinajstić information content (AvgIpc) is 2.58. The highest BCUT2D eigenvalue weighted by atomic mass is 127. The molecule has 3 nitrogen and oxygen atoms in total. The molecule has 0 aliphatic rings. The topological polar surface area (TPSA) is 41.5 Å². The number of nitrogens with zero attached hydrogens (tertiary/aromatic N) is 1. The molecule has 1 N–H and O–H groups in total. The fourth-order valence-electron chi connectivity index (χ4n) is 1.86. The summed E-state index contributed by atoms with van der Waals surface area (Å²) >= 11 is 3.87. The van der Waals surface area contributed by atoms with Crippen LogP contribution in [0, 0.1) is 3.57 Å². The van der Waals surface area contributed by atoms with Crippen LogP contribution < -0.4 is 5.43 Å². The maximum Gasteiger partial charge on any atom is 0.252 e. The van der Waals surface area contributed by atoms with Crippen molar-refractivity contribution in [1.82, 2.24) is 5.43 Å². The summed E-state index contributed by atoms with van der Waals surface area (Å²) in [4.78, 5) is 12.1. The molecule has 0 saturated carbocycles. The van der Waals surface area contributed by atoms with Crippen molar-refractivity contribution < 1.29 is 4.79 Å². The summed E-state index contributed by atoms with van der Waals surface area (Å²) in [6, 6.07) is 18.2. The largest absolute Gasteiger partial charge is 0.272 e. The minimum atomic E-state index is -0.150. The molecule has 0 heterocycles. The molecule has 0 saturated heterocycles. The number of carbonyl (C=O) groups excluding carboxylic acids is 1. The number of thioether (sulfide) groups is 1. The van der Waals surface area contributed by atoms with Crippen molar-refractivity contribution in [2.75, 3.05) is 0 Å². The van der Waals surface area contributed by atoms with Crippen LogP contribution in [0.4, 0.5) is 0 Å². The van der Waals surface area contributed by atoms with Gasteiger partial charge in [0.25, 0.3) is 5.91 Å². The summed E-state index contributed by atoms with van der Waals surface area (Å²) in [6.07, 6.45) is 0. The van der Waals surface area contributed by atoms with Crippen LogP contribution >= 0.6 is 34.4 Å². The number of carbonyl (C=O) groups is 1. The predicted molar refractivity (Wildman–Crippen MR) is 107 cm³/mol. The monoisotopic (exact) mass is 438 g/mol. The smallest absolute Gasteiger partial charge is 0.252 e. The lowest BCUT2D eigenvalue weighted by Gasteiger charge is -2.10.